The van der Waals surface area contributed by atoms with Crippen LogP contribution in [0.3, 0.4) is 0 Å². The molecule has 0 unspecified atom stereocenters. The number of aromatic nitrogens is 1. The maximum atomic E-state index is 6.29. The molecule has 0 radical (unpaired) electrons. The molecule has 9 aromatic rings. The lowest BCUT2D eigenvalue weighted by Crippen LogP contribution is -1.96. The van der Waals surface area contributed by atoms with Crippen molar-refractivity contribution in [3.63, 3.8) is 0 Å². The Bertz CT molecular complexity index is 2390. The van der Waals surface area contributed by atoms with Crippen molar-refractivity contribution < 1.29 is 4.42 Å². The summed E-state index contributed by atoms with van der Waals surface area (Å²) < 4.78 is 8.70. The van der Waals surface area contributed by atoms with Gasteiger partial charge in [-0.05, 0) is 69.8 Å². The quantitative estimate of drug-likeness (QED) is 0.227. The summed E-state index contributed by atoms with van der Waals surface area (Å²) in [6.45, 7) is 0. The maximum absolute atomic E-state index is 6.29. The molecule has 2 heterocycles. The van der Waals surface area contributed by atoms with E-state index >= 15 is 0 Å². The second-order valence-electron chi connectivity index (χ2n) is 10.6. The largest absolute Gasteiger partial charge is 0.456 e. The second-order valence-corrected chi connectivity index (χ2v) is 10.6. The highest BCUT2D eigenvalue weighted by Crippen LogP contribution is 2.40. The fraction of sp³-hybridized carbons (Fsp3) is 0. The van der Waals surface area contributed by atoms with Gasteiger partial charge in [-0.1, -0.05) is 97.1 Å². The molecular formula is C38H23NO. The lowest BCUT2D eigenvalue weighted by molar-refractivity contribution is 0.669. The van der Waals surface area contributed by atoms with Gasteiger partial charge >= 0.3 is 0 Å². The summed E-state index contributed by atoms with van der Waals surface area (Å²) in [6.07, 6.45) is 0. The van der Waals surface area contributed by atoms with Crippen LogP contribution in [0.25, 0.3) is 82.1 Å². The third-order valence-corrected chi connectivity index (χ3v) is 8.37. The first kappa shape index (κ1) is 21.6. The molecule has 7 aromatic carbocycles. The topological polar surface area (TPSA) is 18.1 Å². The number of benzene rings is 7. The Morgan fingerprint density at radius 2 is 1.00 bits per heavy atom. The van der Waals surface area contributed by atoms with E-state index in [4.69, 9.17) is 4.42 Å². The van der Waals surface area contributed by atoms with Crippen LogP contribution >= 0.6 is 0 Å². The summed E-state index contributed by atoms with van der Waals surface area (Å²) in [7, 11) is 0. The molecule has 0 bridgehead atoms. The van der Waals surface area contributed by atoms with E-state index in [0.717, 1.165) is 21.9 Å². The molecule has 0 amide bonds. The van der Waals surface area contributed by atoms with E-state index < -0.39 is 0 Å². The van der Waals surface area contributed by atoms with Crippen molar-refractivity contribution >= 4 is 65.3 Å². The molecule has 0 aliphatic rings. The zero-order valence-corrected chi connectivity index (χ0v) is 21.6. The zero-order chi connectivity index (χ0) is 26.2. The lowest BCUT2D eigenvalue weighted by Gasteiger charge is -2.15. The molecular weight excluding hydrogens is 486 g/mol. The van der Waals surface area contributed by atoms with Gasteiger partial charge in [-0.15, -0.1) is 0 Å². The smallest absolute Gasteiger partial charge is 0.136 e. The van der Waals surface area contributed by atoms with Gasteiger partial charge in [0.25, 0.3) is 0 Å². The van der Waals surface area contributed by atoms with Crippen molar-refractivity contribution in [1.29, 1.82) is 0 Å². The predicted octanol–water partition coefficient (Wildman–Crippen LogP) is 10.7. The highest BCUT2D eigenvalue weighted by Gasteiger charge is 2.16. The van der Waals surface area contributed by atoms with Gasteiger partial charge in [0, 0.05) is 26.9 Å². The molecule has 2 nitrogen and oxygen atoms in total. The normalized spacial score (nSPS) is 12.0. The number of rotatable bonds is 2. The molecule has 0 saturated carbocycles. The molecule has 9 rings (SSSR count). The molecule has 0 aliphatic carbocycles. The molecule has 2 aromatic heterocycles. The van der Waals surface area contributed by atoms with Crippen molar-refractivity contribution in [3.05, 3.63) is 140 Å². The summed E-state index contributed by atoms with van der Waals surface area (Å²) in [6, 6.07) is 50.2. The number of hydrogen-bond donors (Lipinski definition) is 0. The predicted molar refractivity (Wildman–Crippen MR) is 169 cm³/mol. The minimum absolute atomic E-state index is 0.917. The number of furan rings is 1. The number of nitrogens with zero attached hydrogens (tertiary/aromatic N) is 1. The molecule has 40 heavy (non-hydrogen) atoms. The summed E-state index contributed by atoms with van der Waals surface area (Å²) in [5, 5.41) is 9.74. The van der Waals surface area contributed by atoms with Crippen LogP contribution in [0.2, 0.25) is 0 Å². The third kappa shape index (κ3) is 2.99. The fourth-order valence-electron chi connectivity index (χ4n) is 6.54. The standard InChI is InChI=1S/C38H23NO/c1-2-10-25-23-38-33(21-24(25)9-1)32-22-26(17-20-37(32)40-38)27-18-19-36(29-12-4-3-11-28(27)29)39-34-15-7-5-13-30(34)31-14-6-8-16-35(31)39/h1-23H. The molecule has 0 fully saturated rings. The molecule has 2 heteroatoms. The van der Waals surface area contributed by atoms with Crippen LogP contribution < -0.4 is 0 Å². The Morgan fingerprint density at radius 1 is 0.400 bits per heavy atom. The van der Waals surface area contributed by atoms with E-state index in [1.165, 1.54) is 60.2 Å². The van der Waals surface area contributed by atoms with Crippen LogP contribution in [-0.2, 0) is 0 Å². The Hall–Kier alpha value is -5.34. The molecule has 0 atom stereocenters. The highest BCUT2D eigenvalue weighted by atomic mass is 16.3. The number of para-hydroxylation sites is 2. The van der Waals surface area contributed by atoms with Crippen LogP contribution in [0.5, 0.6) is 0 Å². The van der Waals surface area contributed by atoms with E-state index in [9.17, 15) is 0 Å². The zero-order valence-electron chi connectivity index (χ0n) is 21.6. The van der Waals surface area contributed by atoms with Gasteiger partial charge in [-0.3, -0.25) is 0 Å². The fourth-order valence-corrected chi connectivity index (χ4v) is 6.54. The first-order valence-electron chi connectivity index (χ1n) is 13.7. The van der Waals surface area contributed by atoms with Crippen LogP contribution in [0, 0.1) is 0 Å². The van der Waals surface area contributed by atoms with Gasteiger partial charge in [-0.2, -0.15) is 0 Å². The average molecular weight is 510 g/mol. The van der Waals surface area contributed by atoms with Crippen molar-refractivity contribution in [2.75, 3.05) is 0 Å². The lowest BCUT2D eigenvalue weighted by atomic mass is 9.95. The number of hydrogen-bond acceptors (Lipinski definition) is 1. The van der Waals surface area contributed by atoms with Gasteiger partial charge in [0.2, 0.25) is 0 Å². The van der Waals surface area contributed by atoms with Crippen molar-refractivity contribution in [2.45, 2.75) is 0 Å². The summed E-state index contributed by atoms with van der Waals surface area (Å²) in [4.78, 5) is 0. The van der Waals surface area contributed by atoms with Gasteiger partial charge < -0.3 is 8.98 Å². The minimum Gasteiger partial charge on any atom is -0.456 e. The van der Waals surface area contributed by atoms with Crippen molar-refractivity contribution in [1.82, 2.24) is 4.57 Å². The molecule has 0 N–H and O–H groups in total. The molecule has 0 aliphatic heterocycles. The van der Waals surface area contributed by atoms with Crippen LogP contribution in [0.4, 0.5) is 0 Å². The average Bonchev–Trinajstić information content (AvgIpc) is 3.54. The second kappa shape index (κ2) is 8.08. The first-order chi connectivity index (χ1) is 19.8. The Labute approximate surface area is 230 Å². The van der Waals surface area contributed by atoms with Gasteiger partial charge in [0.15, 0.2) is 0 Å². The SMILES string of the molecule is c1ccc2cc3c(cc2c1)oc1ccc(-c2ccc(-n4c5ccccc5c5ccccc54)c4ccccc24)cc13. The van der Waals surface area contributed by atoms with Gasteiger partial charge in [0.1, 0.15) is 11.2 Å². The molecule has 0 saturated heterocycles. The molecule has 0 spiro atoms. The summed E-state index contributed by atoms with van der Waals surface area (Å²) in [5.41, 5.74) is 7.89. The van der Waals surface area contributed by atoms with E-state index in [1.807, 2.05) is 0 Å². The monoisotopic (exact) mass is 509 g/mol. The highest BCUT2D eigenvalue weighted by molar-refractivity contribution is 6.13. The van der Waals surface area contributed by atoms with E-state index in [1.54, 1.807) is 0 Å². The van der Waals surface area contributed by atoms with E-state index in [0.29, 0.717) is 0 Å². The van der Waals surface area contributed by atoms with Crippen LogP contribution in [0.15, 0.2) is 144 Å². The Morgan fingerprint density at radius 3 is 1.75 bits per heavy atom. The van der Waals surface area contributed by atoms with Gasteiger partial charge in [-0.25, -0.2) is 0 Å². The van der Waals surface area contributed by atoms with Crippen molar-refractivity contribution in [2.24, 2.45) is 0 Å². The first-order valence-corrected chi connectivity index (χ1v) is 13.7. The summed E-state index contributed by atoms with van der Waals surface area (Å²) >= 11 is 0. The van der Waals surface area contributed by atoms with Crippen molar-refractivity contribution in [3.8, 4) is 16.8 Å². The minimum atomic E-state index is 0.917. The Balaban J connectivity index is 1.30. The van der Waals surface area contributed by atoms with Crippen LogP contribution in [0.1, 0.15) is 0 Å². The van der Waals surface area contributed by atoms with E-state index in [-0.39, 0.29) is 0 Å². The third-order valence-electron chi connectivity index (χ3n) is 8.37. The van der Waals surface area contributed by atoms with E-state index in [2.05, 4.69) is 144 Å². The maximum Gasteiger partial charge on any atom is 0.136 e. The Kier molecular flexibility index (Phi) is 4.36. The number of fused-ring (bicyclic) bond motifs is 8. The van der Waals surface area contributed by atoms with Gasteiger partial charge in [0.05, 0.1) is 16.7 Å². The molecule has 186 valence electrons. The summed E-state index contributed by atoms with van der Waals surface area (Å²) in [5.74, 6) is 0. The van der Waals surface area contributed by atoms with Crippen LogP contribution in [-0.4, -0.2) is 4.57 Å².